The first-order chi connectivity index (χ1) is 7.68. The van der Waals surface area contributed by atoms with Crippen LogP contribution in [0, 0.1) is 5.92 Å². The first-order valence-electron chi connectivity index (χ1n) is 5.42. The van der Waals surface area contributed by atoms with Crippen molar-refractivity contribution in [1.82, 2.24) is 4.98 Å². The van der Waals surface area contributed by atoms with Gasteiger partial charge in [0.15, 0.2) is 5.82 Å². The molecule has 2 heterocycles. The number of nitrogens with two attached hydrogens (primary N) is 1. The standard InChI is InChI=1S/C11H15F2N3/c12-10(13)8-3-2-6-16(7-8)11-9(14)4-1-5-15-11/h1,4-5,8,10H,2-3,6-7,14H2. The van der Waals surface area contributed by atoms with Crippen molar-refractivity contribution in [2.24, 2.45) is 5.92 Å². The van der Waals surface area contributed by atoms with Crippen LogP contribution in [-0.4, -0.2) is 24.5 Å². The summed E-state index contributed by atoms with van der Waals surface area (Å²) in [6.45, 7) is 1.10. The van der Waals surface area contributed by atoms with Gasteiger partial charge in [-0.1, -0.05) is 0 Å². The quantitative estimate of drug-likeness (QED) is 0.841. The molecule has 2 N–H and O–H groups in total. The van der Waals surface area contributed by atoms with Gasteiger partial charge in [0.1, 0.15) is 0 Å². The molecule has 2 rings (SSSR count). The summed E-state index contributed by atoms with van der Waals surface area (Å²) in [6.07, 6.45) is 0.733. The summed E-state index contributed by atoms with van der Waals surface area (Å²) in [7, 11) is 0. The molecule has 1 saturated heterocycles. The van der Waals surface area contributed by atoms with Gasteiger partial charge in [-0.15, -0.1) is 0 Å². The summed E-state index contributed by atoms with van der Waals surface area (Å²) >= 11 is 0. The highest BCUT2D eigenvalue weighted by Gasteiger charge is 2.28. The molecule has 0 amide bonds. The first kappa shape index (κ1) is 11.1. The normalized spacial score (nSPS) is 21.4. The topological polar surface area (TPSA) is 42.1 Å². The molecule has 1 aliphatic rings. The van der Waals surface area contributed by atoms with E-state index in [1.54, 1.807) is 18.3 Å². The Morgan fingerprint density at radius 3 is 3.00 bits per heavy atom. The van der Waals surface area contributed by atoms with E-state index in [4.69, 9.17) is 5.73 Å². The van der Waals surface area contributed by atoms with Crippen LogP contribution in [-0.2, 0) is 0 Å². The van der Waals surface area contributed by atoms with Crippen LogP contribution in [0.25, 0.3) is 0 Å². The third kappa shape index (κ3) is 2.23. The van der Waals surface area contributed by atoms with E-state index in [0.29, 0.717) is 24.5 Å². The van der Waals surface area contributed by atoms with Crippen molar-refractivity contribution in [3.63, 3.8) is 0 Å². The average Bonchev–Trinajstić information content (AvgIpc) is 2.30. The number of anilines is 2. The van der Waals surface area contributed by atoms with Crippen molar-refractivity contribution in [2.45, 2.75) is 19.3 Å². The van der Waals surface area contributed by atoms with Gasteiger partial charge in [0.2, 0.25) is 6.43 Å². The first-order valence-corrected chi connectivity index (χ1v) is 5.42. The van der Waals surface area contributed by atoms with Crippen LogP contribution >= 0.6 is 0 Å². The van der Waals surface area contributed by atoms with Crippen molar-refractivity contribution < 1.29 is 8.78 Å². The lowest BCUT2D eigenvalue weighted by atomic mass is 9.98. The summed E-state index contributed by atoms with van der Waals surface area (Å²) in [5.41, 5.74) is 6.33. The molecule has 1 unspecified atom stereocenters. The molecule has 0 radical (unpaired) electrons. The number of alkyl halides is 2. The fourth-order valence-electron chi connectivity index (χ4n) is 2.08. The second-order valence-electron chi connectivity index (χ2n) is 4.10. The predicted octanol–water partition coefficient (Wildman–Crippen LogP) is 2.15. The molecule has 1 fully saturated rings. The predicted molar refractivity (Wildman–Crippen MR) is 59.6 cm³/mol. The van der Waals surface area contributed by atoms with E-state index in [1.165, 1.54) is 0 Å². The van der Waals surface area contributed by atoms with Gasteiger partial charge in [-0.05, 0) is 25.0 Å². The summed E-state index contributed by atoms with van der Waals surface area (Å²) in [5, 5.41) is 0. The molecule has 1 atom stereocenters. The number of hydrogen-bond donors (Lipinski definition) is 1. The highest BCUT2D eigenvalue weighted by atomic mass is 19.3. The minimum Gasteiger partial charge on any atom is -0.396 e. The Morgan fingerprint density at radius 1 is 1.50 bits per heavy atom. The molecular formula is C11H15F2N3. The van der Waals surface area contributed by atoms with Crippen molar-refractivity contribution in [1.29, 1.82) is 0 Å². The fourth-order valence-corrected chi connectivity index (χ4v) is 2.08. The van der Waals surface area contributed by atoms with Crippen molar-refractivity contribution in [3.05, 3.63) is 18.3 Å². The molecule has 0 bridgehead atoms. The van der Waals surface area contributed by atoms with Crippen molar-refractivity contribution in [2.75, 3.05) is 23.7 Å². The lowest BCUT2D eigenvalue weighted by Crippen LogP contribution is -2.39. The zero-order valence-corrected chi connectivity index (χ0v) is 8.94. The molecule has 1 aromatic rings. The van der Waals surface area contributed by atoms with Gasteiger partial charge in [0.25, 0.3) is 0 Å². The second-order valence-corrected chi connectivity index (χ2v) is 4.10. The van der Waals surface area contributed by atoms with Crippen molar-refractivity contribution in [3.8, 4) is 0 Å². The average molecular weight is 227 g/mol. The Labute approximate surface area is 93.3 Å². The van der Waals surface area contributed by atoms with E-state index >= 15 is 0 Å². The lowest BCUT2D eigenvalue weighted by Gasteiger charge is -2.33. The van der Waals surface area contributed by atoms with Crippen LogP contribution in [0.4, 0.5) is 20.3 Å². The largest absolute Gasteiger partial charge is 0.396 e. The Kier molecular flexibility index (Phi) is 3.22. The van der Waals surface area contributed by atoms with Gasteiger partial charge in [0, 0.05) is 25.2 Å². The van der Waals surface area contributed by atoms with Crippen LogP contribution in [0.5, 0.6) is 0 Å². The summed E-state index contributed by atoms with van der Waals surface area (Å²) in [4.78, 5) is 6.01. The summed E-state index contributed by atoms with van der Waals surface area (Å²) < 4.78 is 25.3. The summed E-state index contributed by atoms with van der Waals surface area (Å²) in [6, 6.07) is 3.49. The van der Waals surface area contributed by atoms with E-state index < -0.39 is 12.3 Å². The Bertz CT molecular complexity index is 357. The number of piperidine rings is 1. The van der Waals surface area contributed by atoms with E-state index in [1.807, 2.05) is 4.90 Å². The maximum Gasteiger partial charge on any atom is 0.243 e. The number of nitrogens with zero attached hydrogens (tertiary/aromatic N) is 2. The molecule has 1 aliphatic heterocycles. The molecule has 88 valence electrons. The highest BCUT2D eigenvalue weighted by molar-refractivity contribution is 5.62. The third-order valence-electron chi connectivity index (χ3n) is 2.93. The number of rotatable bonds is 2. The van der Waals surface area contributed by atoms with E-state index in [9.17, 15) is 8.78 Å². The molecule has 0 saturated carbocycles. The maximum atomic E-state index is 12.6. The Hall–Kier alpha value is -1.39. The number of hydrogen-bond acceptors (Lipinski definition) is 3. The minimum atomic E-state index is -2.26. The zero-order valence-electron chi connectivity index (χ0n) is 8.94. The second kappa shape index (κ2) is 4.63. The maximum absolute atomic E-state index is 12.6. The van der Waals surface area contributed by atoms with Gasteiger partial charge in [-0.2, -0.15) is 0 Å². The zero-order chi connectivity index (χ0) is 11.5. The van der Waals surface area contributed by atoms with Gasteiger partial charge < -0.3 is 10.6 Å². The number of pyridine rings is 1. The highest BCUT2D eigenvalue weighted by Crippen LogP contribution is 2.28. The fraction of sp³-hybridized carbons (Fsp3) is 0.545. The number of halogens is 2. The van der Waals surface area contributed by atoms with Crippen LogP contribution < -0.4 is 10.6 Å². The van der Waals surface area contributed by atoms with Crippen LogP contribution in [0.1, 0.15) is 12.8 Å². The summed E-state index contributed by atoms with van der Waals surface area (Å²) in [5.74, 6) is 0.0722. The Balaban J connectivity index is 2.13. The minimum absolute atomic E-state index is 0.346. The smallest absolute Gasteiger partial charge is 0.243 e. The SMILES string of the molecule is Nc1cccnc1N1CCCC(C(F)F)C1. The Morgan fingerprint density at radius 2 is 2.31 bits per heavy atom. The number of nitrogen functional groups attached to an aromatic ring is 1. The number of aromatic nitrogens is 1. The molecule has 0 aliphatic carbocycles. The van der Waals surface area contributed by atoms with Crippen LogP contribution in [0.3, 0.4) is 0 Å². The molecule has 5 heteroatoms. The molecule has 0 aromatic carbocycles. The van der Waals surface area contributed by atoms with Gasteiger partial charge in [-0.25, -0.2) is 13.8 Å². The van der Waals surface area contributed by atoms with E-state index in [0.717, 1.165) is 13.0 Å². The monoisotopic (exact) mass is 227 g/mol. The molecule has 1 aromatic heterocycles. The molecular weight excluding hydrogens is 212 g/mol. The van der Waals surface area contributed by atoms with Crippen molar-refractivity contribution >= 4 is 11.5 Å². The molecule has 16 heavy (non-hydrogen) atoms. The van der Waals surface area contributed by atoms with Gasteiger partial charge >= 0.3 is 0 Å². The van der Waals surface area contributed by atoms with Crippen LogP contribution in [0.2, 0.25) is 0 Å². The van der Waals surface area contributed by atoms with Gasteiger partial charge in [-0.3, -0.25) is 0 Å². The lowest BCUT2D eigenvalue weighted by molar-refractivity contribution is 0.0686. The van der Waals surface area contributed by atoms with E-state index in [-0.39, 0.29) is 0 Å². The van der Waals surface area contributed by atoms with Gasteiger partial charge in [0.05, 0.1) is 5.69 Å². The third-order valence-corrected chi connectivity index (χ3v) is 2.93. The van der Waals surface area contributed by atoms with E-state index in [2.05, 4.69) is 4.98 Å². The molecule has 0 spiro atoms. The molecule has 3 nitrogen and oxygen atoms in total. The van der Waals surface area contributed by atoms with Crippen LogP contribution in [0.15, 0.2) is 18.3 Å².